The summed E-state index contributed by atoms with van der Waals surface area (Å²) in [5.41, 5.74) is 2.61. The van der Waals surface area contributed by atoms with Crippen molar-refractivity contribution < 1.29 is 4.74 Å². The van der Waals surface area contributed by atoms with E-state index in [0.717, 1.165) is 44.5 Å². The molecule has 4 nitrogen and oxygen atoms in total. The molecule has 0 aromatic carbocycles. The minimum absolute atomic E-state index is 0.160. The van der Waals surface area contributed by atoms with Gasteiger partial charge in [-0.3, -0.25) is 4.68 Å². The Bertz CT molecular complexity index is 489. The van der Waals surface area contributed by atoms with Gasteiger partial charge in [-0.05, 0) is 56.0 Å². The molecule has 0 saturated heterocycles. The minimum Gasteiger partial charge on any atom is -0.370 e. The molecule has 4 rings (SSSR count). The summed E-state index contributed by atoms with van der Waals surface area (Å²) < 4.78 is 8.16. The van der Waals surface area contributed by atoms with Crippen molar-refractivity contribution in [2.24, 2.45) is 11.8 Å². The summed E-state index contributed by atoms with van der Waals surface area (Å²) in [4.78, 5) is 0. The number of nitrogens with zero attached hydrogens (tertiary/aromatic N) is 2. The van der Waals surface area contributed by atoms with Crippen molar-refractivity contribution in [2.45, 2.75) is 64.0 Å². The highest BCUT2D eigenvalue weighted by Gasteiger charge is 2.27. The molecule has 122 valence electrons. The van der Waals surface area contributed by atoms with Gasteiger partial charge < -0.3 is 10.1 Å². The second kappa shape index (κ2) is 6.71. The highest BCUT2D eigenvalue weighted by molar-refractivity contribution is 5.22. The number of aromatic nitrogens is 2. The Morgan fingerprint density at radius 2 is 1.95 bits per heavy atom. The van der Waals surface area contributed by atoms with Crippen LogP contribution < -0.4 is 5.32 Å². The number of ether oxygens (including phenoxy) is 1. The number of fused-ring (bicyclic) bond motifs is 1. The lowest BCUT2D eigenvalue weighted by atomic mass is 9.89. The quantitative estimate of drug-likeness (QED) is 0.878. The average Bonchev–Trinajstić information content (AvgIpc) is 3.25. The first-order chi connectivity index (χ1) is 10.9. The van der Waals surface area contributed by atoms with Crippen LogP contribution in [0.15, 0.2) is 6.20 Å². The summed E-state index contributed by atoms with van der Waals surface area (Å²) in [6.45, 7) is 4.02. The zero-order valence-electron chi connectivity index (χ0n) is 13.6. The Morgan fingerprint density at radius 3 is 2.77 bits per heavy atom. The van der Waals surface area contributed by atoms with Crippen molar-refractivity contribution in [3.05, 3.63) is 17.5 Å². The summed E-state index contributed by atoms with van der Waals surface area (Å²) in [5.74, 6) is 1.76. The lowest BCUT2D eigenvalue weighted by Crippen LogP contribution is -2.31. The average molecular weight is 303 g/mol. The van der Waals surface area contributed by atoms with Crippen LogP contribution in [0.2, 0.25) is 0 Å². The van der Waals surface area contributed by atoms with Gasteiger partial charge in [0.05, 0.1) is 12.3 Å². The van der Waals surface area contributed by atoms with Crippen molar-refractivity contribution in [2.75, 3.05) is 19.7 Å². The molecule has 1 aliphatic heterocycles. The third-order valence-corrected chi connectivity index (χ3v) is 5.50. The predicted octanol–water partition coefficient (Wildman–Crippen LogP) is 3.08. The van der Waals surface area contributed by atoms with Crippen molar-refractivity contribution in [1.29, 1.82) is 0 Å². The van der Waals surface area contributed by atoms with E-state index in [9.17, 15) is 0 Å². The smallest absolute Gasteiger partial charge is 0.114 e. The molecule has 1 aromatic heterocycles. The van der Waals surface area contributed by atoms with Gasteiger partial charge in [-0.1, -0.05) is 19.3 Å². The Hall–Kier alpha value is -0.870. The van der Waals surface area contributed by atoms with E-state index in [4.69, 9.17) is 9.84 Å². The van der Waals surface area contributed by atoms with Crippen LogP contribution in [0.3, 0.4) is 0 Å². The minimum atomic E-state index is 0.160. The van der Waals surface area contributed by atoms with Gasteiger partial charge in [0.25, 0.3) is 0 Å². The van der Waals surface area contributed by atoms with E-state index >= 15 is 0 Å². The molecule has 0 radical (unpaired) electrons. The van der Waals surface area contributed by atoms with Crippen molar-refractivity contribution >= 4 is 0 Å². The van der Waals surface area contributed by atoms with Crippen LogP contribution in [0.4, 0.5) is 0 Å². The van der Waals surface area contributed by atoms with Gasteiger partial charge in [0.2, 0.25) is 0 Å². The maximum Gasteiger partial charge on any atom is 0.114 e. The SMILES string of the molecule is c1c2c(nn1CC1CC1)[C@@H](CNCC1CCCCC1)OCC2. The molecule has 22 heavy (non-hydrogen) atoms. The summed E-state index contributed by atoms with van der Waals surface area (Å²) in [6, 6.07) is 0. The zero-order chi connectivity index (χ0) is 14.8. The van der Waals surface area contributed by atoms with Crippen molar-refractivity contribution in [3.63, 3.8) is 0 Å². The Morgan fingerprint density at radius 1 is 1.09 bits per heavy atom. The molecular formula is C18H29N3O. The highest BCUT2D eigenvalue weighted by atomic mass is 16.5. The maximum atomic E-state index is 5.99. The largest absolute Gasteiger partial charge is 0.370 e. The van der Waals surface area contributed by atoms with E-state index in [2.05, 4.69) is 16.2 Å². The molecule has 2 aliphatic carbocycles. The molecule has 2 heterocycles. The maximum absolute atomic E-state index is 5.99. The third kappa shape index (κ3) is 3.54. The standard InChI is InChI=1S/C18H29N3O/c1-2-4-14(5-3-1)10-19-11-17-18-16(8-9-22-17)13-21(20-18)12-15-6-7-15/h13-15,17,19H,1-12H2/t17-/m1/s1. The van der Waals surface area contributed by atoms with Gasteiger partial charge in [-0.2, -0.15) is 5.10 Å². The van der Waals surface area contributed by atoms with Crippen LogP contribution in [0, 0.1) is 11.8 Å². The van der Waals surface area contributed by atoms with Gasteiger partial charge in [0.1, 0.15) is 6.10 Å². The molecule has 2 saturated carbocycles. The topological polar surface area (TPSA) is 39.1 Å². The summed E-state index contributed by atoms with van der Waals surface area (Å²) in [5, 5.41) is 8.48. The number of rotatable bonds is 6. The molecule has 3 aliphatic rings. The van der Waals surface area contributed by atoms with Crippen molar-refractivity contribution in [1.82, 2.24) is 15.1 Å². The molecule has 2 fully saturated rings. The van der Waals surface area contributed by atoms with E-state index in [1.807, 2.05) is 0 Å². The highest BCUT2D eigenvalue weighted by Crippen LogP contribution is 2.32. The summed E-state index contributed by atoms with van der Waals surface area (Å²) >= 11 is 0. The molecular weight excluding hydrogens is 274 g/mol. The molecule has 0 unspecified atom stereocenters. The van der Waals surface area contributed by atoms with Gasteiger partial charge >= 0.3 is 0 Å². The second-order valence-corrected chi connectivity index (χ2v) is 7.48. The van der Waals surface area contributed by atoms with Crippen LogP contribution in [-0.2, 0) is 17.7 Å². The van der Waals surface area contributed by atoms with E-state index in [0.29, 0.717) is 0 Å². The molecule has 1 N–H and O–H groups in total. The van der Waals surface area contributed by atoms with Crippen LogP contribution in [0.25, 0.3) is 0 Å². The number of hydrogen-bond donors (Lipinski definition) is 1. The fourth-order valence-corrected chi connectivity index (χ4v) is 3.96. The molecule has 1 aromatic rings. The van der Waals surface area contributed by atoms with E-state index in [1.54, 1.807) is 0 Å². The number of nitrogens with one attached hydrogen (secondary N) is 1. The Labute approximate surface area is 133 Å². The Balaban J connectivity index is 1.31. The van der Waals surface area contributed by atoms with E-state index < -0.39 is 0 Å². The molecule has 0 amide bonds. The van der Waals surface area contributed by atoms with E-state index in [-0.39, 0.29) is 6.10 Å². The monoisotopic (exact) mass is 303 g/mol. The fourth-order valence-electron chi connectivity index (χ4n) is 3.96. The molecule has 0 spiro atoms. The van der Waals surface area contributed by atoms with Crippen LogP contribution in [0.1, 0.15) is 62.3 Å². The number of hydrogen-bond acceptors (Lipinski definition) is 3. The Kier molecular flexibility index (Phi) is 4.49. The third-order valence-electron chi connectivity index (χ3n) is 5.50. The van der Waals surface area contributed by atoms with Crippen LogP contribution in [0.5, 0.6) is 0 Å². The molecule has 4 heteroatoms. The van der Waals surface area contributed by atoms with Gasteiger partial charge in [-0.15, -0.1) is 0 Å². The van der Waals surface area contributed by atoms with Gasteiger partial charge in [-0.25, -0.2) is 0 Å². The first-order valence-corrected chi connectivity index (χ1v) is 9.27. The first-order valence-electron chi connectivity index (χ1n) is 9.27. The first kappa shape index (κ1) is 14.7. The van der Waals surface area contributed by atoms with Crippen LogP contribution in [-0.4, -0.2) is 29.5 Å². The lowest BCUT2D eigenvalue weighted by Gasteiger charge is -2.25. The zero-order valence-corrected chi connectivity index (χ0v) is 13.6. The van der Waals surface area contributed by atoms with Crippen LogP contribution >= 0.6 is 0 Å². The van der Waals surface area contributed by atoms with E-state index in [1.165, 1.54) is 56.2 Å². The van der Waals surface area contributed by atoms with Gasteiger partial charge in [0.15, 0.2) is 0 Å². The fraction of sp³-hybridized carbons (Fsp3) is 0.833. The summed E-state index contributed by atoms with van der Waals surface area (Å²) in [6.07, 6.45) is 13.3. The van der Waals surface area contributed by atoms with Gasteiger partial charge in [0, 0.05) is 19.3 Å². The molecule has 1 atom stereocenters. The molecule has 0 bridgehead atoms. The second-order valence-electron chi connectivity index (χ2n) is 7.48. The summed E-state index contributed by atoms with van der Waals surface area (Å²) in [7, 11) is 0. The predicted molar refractivity (Wildman–Crippen MR) is 86.8 cm³/mol. The van der Waals surface area contributed by atoms with Crippen molar-refractivity contribution in [3.8, 4) is 0 Å². The normalized spacial score (nSPS) is 26.1. The lowest BCUT2D eigenvalue weighted by molar-refractivity contribution is 0.0386.